The van der Waals surface area contributed by atoms with E-state index < -0.39 is 12.0 Å². The number of aliphatic hydroxyl groups is 1. The van der Waals surface area contributed by atoms with Crippen LogP contribution in [0.1, 0.15) is 101 Å². The van der Waals surface area contributed by atoms with Crippen molar-refractivity contribution in [2.24, 2.45) is 11.3 Å². The molecule has 8 rings (SSSR count). The summed E-state index contributed by atoms with van der Waals surface area (Å²) >= 11 is 0. The second-order valence-corrected chi connectivity index (χ2v) is 19.3. The molecule has 2 unspecified atom stereocenters. The van der Waals surface area contributed by atoms with Crippen LogP contribution in [-0.4, -0.2) is 108 Å². The van der Waals surface area contributed by atoms with Crippen molar-refractivity contribution in [1.82, 2.24) is 20.0 Å². The molecule has 5 aromatic rings. The Morgan fingerprint density at radius 3 is 2.11 bits per heavy atom. The van der Waals surface area contributed by atoms with Crippen LogP contribution in [0.25, 0.3) is 6.08 Å². The molecule has 372 valence electrons. The smallest absolute Gasteiger partial charge is 0.317 e. The molecule has 13 heteroatoms. The largest absolute Gasteiger partial charge is 0.506 e. The lowest BCUT2D eigenvalue weighted by atomic mass is 9.71. The van der Waals surface area contributed by atoms with Crippen LogP contribution in [-0.2, 0) is 32.2 Å². The third-order valence-corrected chi connectivity index (χ3v) is 14.6. The van der Waals surface area contributed by atoms with Crippen molar-refractivity contribution < 1.29 is 38.9 Å². The molecule has 13 nitrogen and oxygen atoms in total. The normalized spacial score (nSPS) is 17.2. The van der Waals surface area contributed by atoms with Crippen molar-refractivity contribution in [1.29, 1.82) is 0 Å². The first-order valence-corrected chi connectivity index (χ1v) is 25.1. The van der Waals surface area contributed by atoms with Gasteiger partial charge in [-0.15, -0.1) is 0 Å². The highest BCUT2D eigenvalue weighted by molar-refractivity contribution is 5.94. The summed E-state index contributed by atoms with van der Waals surface area (Å²) in [6, 6.07) is 38.3. The fraction of sp³-hybridized carbons (Fsp3) is 0.379. The van der Waals surface area contributed by atoms with Crippen LogP contribution in [0.3, 0.4) is 0 Å². The number of phenols is 1. The van der Waals surface area contributed by atoms with Gasteiger partial charge in [0.15, 0.2) is 6.61 Å². The molecule has 3 heterocycles. The van der Waals surface area contributed by atoms with E-state index in [-0.39, 0.29) is 47.8 Å². The Balaban J connectivity index is 0.765. The predicted molar refractivity (Wildman–Crippen MR) is 275 cm³/mol. The number of nitrogens with zero attached hydrogens (tertiary/aromatic N) is 3. The minimum absolute atomic E-state index is 0.00475. The molecule has 0 aliphatic carbocycles. The Kier molecular flexibility index (Phi) is 17.4. The first-order valence-electron chi connectivity index (χ1n) is 25.1. The number of esters is 1. The third kappa shape index (κ3) is 13.1. The van der Waals surface area contributed by atoms with Gasteiger partial charge in [-0.05, 0) is 128 Å². The van der Waals surface area contributed by atoms with Crippen LogP contribution in [0.15, 0.2) is 127 Å². The summed E-state index contributed by atoms with van der Waals surface area (Å²) in [7, 11) is 0. The highest BCUT2D eigenvalue weighted by atomic mass is 16.5. The average Bonchev–Trinajstić information content (AvgIpc) is 3.40. The van der Waals surface area contributed by atoms with Crippen molar-refractivity contribution in [3.05, 3.63) is 166 Å². The van der Waals surface area contributed by atoms with Gasteiger partial charge in [0.25, 0.3) is 11.8 Å². The van der Waals surface area contributed by atoms with E-state index in [0.717, 1.165) is 74.8 Å². The Labute approximate surface area is 417 Å². The van der Waals surface area contributed by atoms with Gasteiger partial charge in [0.2, 0.25) is 6.41 Å². The highest BCUT2D eigenvalue weighted by Crippen LogP contribution is 2.42. The number of ether oxygens (including phenoxy) is 2. The van der Waals surface area contributed by atoms with Gasteiger partial charge in [-0.2, -0.15) is 0 Å². The summed E-state index contributed by atoms with van der Waals surface area (Å²) in [6.07, 6.45) is 8.58. The van der Waals surface area contributed by atoms with E-state index in [1.54, 1.807) is 18.2 Å². The van der Waals surface area contributed by atoms with Gasteiger partial charge >= 0.3 is 5.97 Å². The number of allylic oxidation sites excluding steroid dienone is 1. The molecule has 0 aromatic heterocycles. The van der Waals surface area contributed by atoms with Crippen molar-refractivity contribution in [2.45, 2.75) is 70.6 Å². The number of anilines is 1. The van der Waals surface area contributed by atoms with Gasteiger partial charge in [-0.3, -0.25) is 24.1 Å². The fourth-order valence-electron chi connectivity index (χ4n) is 10.4. The van der Waals surface area contributed by atoms with Crippen molar-refractivity contribution in [2.75, 3.05) is 64.3 Å². The number of carbonyl (C=O) groups is 4. The maximum atomic E-state index is 13.9. The van der Waals surface area contributed by atoms with Gasteiger partial charge in [0.1, 0.15) is 17.4 Å². The van der Waals surface area contributed by atoms with Gasteiger partial charge < -0.3 is 40.1 Å². The van der Waals surface area contributed by atoms with Gasteiger partial charge in [-0.1, -0.05) is 103 Å². The van der Waals surface area contributed by atoms with Crippen LogP contribution in [0.5, 0.6) is 11.5 Å². The molecular weight excluding hydrogens is 895 g/mol. The van der Waals surface area contributed by atoms with E-state index in [4.69, 9.17) is 9.47 Å². The Hall–Kier alpha value is -6.80. The van der Waals surface area contributed by atoms with Gasteiger partial charge in [-0.25, -0.2) is 0 Å². The number of phenolic OH excluding ortho intramolecular Hbond substituents is 1. The number of benzene rings is 5. The molecule has 0 radical (unpaired) electrons. The topological polar surface area (TPSA) is 161 Å². The number of hydrogen-bond donors (Lipinski definition) is 4. The molecule has 2 atom stereocenters. The highest BCUT2D eigenvalue weighted by Gasteiger charge is 2.40. The molecule has 3 aliphatic heterocycles. The van der Waals surface area contributed by atoms with Crippen LogP contribution < -0.4 is 15.4 Å². The van der Waals surface area contributed by atoms with E-state index >= 15 is 0 Å². The monoisotopic (exact) mass is 961 g/mol. The molecule has 1 spiro atoms. The number of piperidine rings is 3. The summed E-state index contributed by atoms with van der Waals surface area (Å²) in [5, 5.41) is 27.0. The van der Waals surface area contributed by atoms with Crippen LogP contribution >= 0.6 is 0 Å². The molecule has 3 fully saturated rings. The Morgan fingerprint density at radius 1 is 0.775 bits per heavy atom. The number of amides is 3. The molecule has 71 heavy (non-hydrogen) atoms. The quantitative estimate of drug-likeness (QED) is 0.0360. The predicted octanol–water partition coefficient (Wildman–Crippen LogP) is 8.33. The molecule has 0 saturated carbocycles. The summed E-state index contributed by atoms with van der Waals surface area (Å²) < 4.78 is 12.2. The van der Waals surface area contributed by atoms with Crippen LogP contribution in [0.4, 0.5) is 5.69 Å². The van der Waals surface area contributed by atoms with Crippen LogP contribution in [0, 0.1) is 11.3 Å². The number of aromatic hydroxyl groups is 1. The van der Waals surface area contributed by atoms with E-state index in [9.17, 15) is 29.4 Å². The second kappa shape index (κ2) is 24.4. The van der Waals surface area contributed by atoms with Gasteiger partial charge in [0.05, 0.1) is 18.4 Å². The van der Waals surface area contributed by atoms with E-state index in [0.29, 0.717) is 74.1 Å². The molecule has 3 aliphatic rings. The molecule has 3 saturated heterocycles. The van der Waals surface area contributed by atoms with Gasteiger partial charge in [0, 0.05) is 56.9 Å². The first-order chi connectivity index (χ1) is 34.6. The second-order valence-electron chi connectivity index (χ2n) is 19.3. The minimum atomic E-state index is -0.900. The molecule has 0 bridgehead atoms. The number of nitrogens with one attached hydrogen (secondary N) is 2. The maximum Gasteiger partial charge on any atom is 0.317 e. The maximum absolute atomic E-state index is 13.9. The SMILES string of the molecule is C/C=C\c1c(C(O)CNCc2ccc(C(=O)N3CCC4(CCN(C(=O)COc5cccc(C(C(=O)OCC6CCN(Cc7ccccc7)CC6)c6ccccc6)c5)CC4)CC3)cc2)ccc(O)c1NC=O. The molecule has 5 aromatic carbocycles. The molecule has 3 amide bonds. The number of likely N-dealkylation sites (tertiary alicyclic amines) is 3. The average molecular weight is 962 g/mol. The zero-order valence-corrected chi connectivity index (χ0v) is 40.7. The van der Waals surface area contributed by atoms with Crippen molar-refractivity contribution >= 4 is 36.0 Å². The molecular formula is C58H67N5O8. The van der Waals surface area contributed by atoms with E-state index in [1.165, 1.54) is 11.6 Å². The van der Waals surface area contributed by atoms with Crippen LogP contribution in [0.2, 0.25) is 0 Å². The lowest BCUT2D eigenvalue weighted by Gasteiger charge is -2.46. The lowest BCUT2D eigenvalue weighted by molar-refractivity contribution is -0.146. The number of carbonyl (C=O) groups excluding carboxylic acids is 4. The van der Waals surface area contributed by atoms with E-state index in [1.807, 2.05) is 102 Å². The number of rotatable bonds is 19. The summed E-state index contributed by atoms with van der Waals surface area (Å²) in [5.74, 6) is -0.232. The van der Waals surface area contributed by atoms with Crippen molar-refractivity contribution in [3.8, 4) is 11.5 Å². The standard InChI is InChI=1S/C58H67N5O8/c1-2-10-50-49(21-22-51(65)55(50)60-41-64)52(66)37-59-36-42-17-19-46(20-18-42)56(68)63-33-27-58(28-34-63)25-31-62(32-26-58)53(67)40-70-48-16-9-15-47(35-48)54(45-13-7-4-8-14-45)57(69)71-39-44-23-29-61(30-24-44)38-43-11-5-3-6-12-43/h2-22,35,41,44,52,54,59,65-66H,23-34,36-40H2,1H3,(H,60,64)/b10-2-. The Bertz CT molecular complexity index is 2580. The first kappa shape index (κ1) is 50.6. The zero-order valence-electron chi connectivity index (χ0n) is 40.7. The number of aliphatic hydroxyl groups excluding tert-OH is 1. The lowest BCUT2D eigenvalue weighted by Crippen LogP contribution is -2.50. The van der Waals surface area contributed by atoms with Crippen molar-refractivity contribution in [3.63, 3.8) is 0 Å². The molecule has 4 N–H and O–H groups in total. The Morgan fingerprint density at radius 2 is 1.44 bits per heavy atom. The fourth-order valence-corrected chi connectivity index (χ4v) is 10.4. The third-order valence-electron chi connectivity index (χ3n) is 14.6. The minimum Gasteiger partial charge on any atom is -0.506 e. The summed E-state index contributed by atoms with van der Waals surface area (Å²) in [5.41, 5.74) is 5.92. The summed E-state index contributed by atoms with van der Waals surface area (Å²) in [4.78, 5) is 58.4. The summed E-state index contributed by atoms with van der Waals surface area (Å²) in [6.45, 7) is 8.29. The zero-order chi connectivity index (χ0) is 49.6. The number of hydrogen-bond acceptors (Lipinski definition) is 10. The van der Waals surface area contributed by atoms with E-state index in [2.05, 4.69) is 39.8 Å².